The van der Waals surface area contributed by atoms with Crippen LogP contribution in [0.4, 0.5) is 0 Å². The van der Waals surface area contributed by atoms with Crippen molar-refractivity contribution in [1.29, 1.82) is 0 Å². The first kappa shape index (κ1) is 16.7. The Bertz CT molecular complexity index is 537. The molecule has 0 amide bonds. The third-order valence-corrected chi connectivity index (χ3v) is 5.86. The summed E-state index contributed by atoms with van der Waals surface area (Å²) in [5.74, 6) is 2.63. The minimum absolute atomic E-state index is 0.584. The van der Waals surface area contributed by atoms with Crippen LogP contribution in [0, 0.1) is 11.8 Å². The van der Waals surface area contributed by atoms with Crippen molar-refractivity contribution in [2.45, 2.75) is 76.3 Å². The second-order valence-electron chi connectivity index (χ2n) is 7.47. The van der Waals surface area contributed by atoms with Gasteiger partial charge >= 0.3 is 0 Å². The lowest BCUT2D eigenvalue weighted by Gasteiger charge is -2.18. The van der Waals surface area contributed by atoms with Gasteiger partial charge in [0.1, 0.15) is 5.82 Å². The van der Waals surface area contributed by atoms with Crippen molar-refractivity contribution in [3.8, 4) is 0 Å². The van der Waals surface area contributed by atoms with Crippen molar-refractivity contribution in [3.63, 3.8) is 0 Å². The summed E-state index contributed by atoms with van der Waals surface area (Å²) in [6.45, 7) is 9.86. The van der Waals surface area contributed by atoms with Gasteiger partial charge < -0.3 is 10.0 Å². The van der Waals surface area contributed by atoms with Crippen LogP contribution in [0.15, 0.2) is 23.5 Å². The molecule has 0 bridgehead atoms. The molecule has 2 N–H and O–H groups in total. The van der Waals surface area contributed by atoms with Crippen LogP contribution in [0.2, 0.25) is 0 Å². The van der Waals surface area contributed by atoms with Gasteiger partial charge in [0.05, 0.1) is 16.8 Å². The highest BCUT2D eigenvalue weighted by Gasteiger charge is 2.25. The zero-order valence-corrected chi connectivity index (χ0v) is 15.3. The minimum Gasteiger partial charge on any atom is -0.369 e. The van der Waals surface area contributed by atoms with Crippen molar-refractivity contribution in [2.24, 2.45) is 11.8 Å². The van der Waals surface area contributed by atoms with Crippen molar-refractivity contribution in [2.75, 3.05) is 0 Å². The van der Waals surface area contributed by atoms with Crippen molar-refractivity contribution in [3.05, 3.63) is 24.3 Å². The summed E-state index contributed by atoms with van der Waals surface area (Å²) in [4.78, 5) is 1.25. The third kappa shape index (κ3) is 4.46. The second-order valence-corrected chi connectivity index (χ2v) is 8.32. The second kappa shape index (κ2) is 7.65. The van der Waals surface area contributed by atoms with Gasteiger partial charge in [-0.25, -0.2) is 0 Å². The Kier molecular flexibility index (Phi) is 5.57. The van der Waals surface area contributed by atoms with Gasteiger partial charge in [0, 0.05) is 12.6 Å². The van der Waals surface area contributed by atoms with Crippen LogP contribution in [-0.2, 0) is 13.0 Å². The van der Waals surface area contributed by atoms with Crippen LogP contribution in [0.25, 0.3) is 0 Å². The Labute approximate surface area is 144 Å². The fourth-order valence-corrected chi connectivity index (χ4v) is 4.67. The molecule has 128 valence electrons. The molecule has 2 unspecified atom stereocenters. The van der Waals surface area contributed by atoms with E-state index in [2.05, 4.69) is 40.2 Å². The first-order chi connectivity index (χ1) is 11.1. The summed E-state index contributed by atoms with van der Waals surface area (Å²) >= 11 is 1.65. The van der Waals surface area contributed by atoms with Crippen LogP contribution in [-0.4, -0.2) is 15.8 Å². The van der Waals surface area contributed by atoms with Gasteiger partial charge in [0.25, 0.3) is 0 Å². The molecule has 0 spiro atoms. The quantitative estimate of drug-likeness (QED) is 0.737. The number of aryl methyl sites for hydroxylation is 1. The largest absolute Gasteiger partial charge is 0.369 e. The number of hydrogen-bond donors (Lipinski definition) is 2. The number of nitrogens with one attached hydrogen (secondary N) is 2. The Morgan fingerprint density at radius 1 is 1.43 bits per heavy atom. The zero-order chi connectivity index (χ0) is 16.2. The third-order valence-electron chi connectivity index (χ3n) is 4.95. The van der Waals surface area contributed by atoms with E-state index in [1.807, 2.05) is 6.20 Å². The highest BCUT2D eigenvalue weighted by Crippen LogP contribution is 2.31. The number of rotatable bonds is 7. The highest BCUT2D eigenvalue weighted by molar-refractivity contribution is 7.97. The van der Waals surface area contributed by atoms with Crippen LogP contribution < -0.4 is 10.0 Å². The summed E-state index contributed by atoms with van der Waals surface area (Å²) in [7, 11) is 0. The molecule has 1 saturated carbocycles. The predicted octanol–water partition coefficient (Wildman–Crippen LogP) is 4.09. The summed E-state index contributed by atoms with van der Waals surface area (Å²) < 4.78 is 5.53. The zero-order valence-electron chi connectivity index (χ0n) is 14.5. The molecule has 1 aliphatic heterocycles. The lowest BCUT2D eigenvalue weighted by atomic mass is 9.96. The molecule has 1 aromatic heterocycles. The maximum absolute atomic E-state index is 4.48. The molecule has 2 heterocycles. The van der Waals surface area contributed by atoms with Gasteiger partial charge in [-0.05, 0) is 68.7 Å². The van der Waals surface area contributed by atoms with Gasteiger partial charge in [0.2, 0.25) is 0 Å². The smallest absolute Gasteiger partial charge is 0.102 e. The molecule has 1 aromatic rings. The summed E-state index contributed by atoms with van der Waals surface area (Å²) in [6, 6.07) is 0.584. The average Bonchev–Trinajstić information content (AvgIpc) is 3.11. The van der Waals surface area contributed by atoms with Crippen molar-refractivity contribution >= 4 is 11.9 Å². The standard InChI is InChI=1S/C18H30N4S/c1-13(2)10-15-7-8-16(11-15)20-14(3)21-23-18-12-19-22-9-5-4-6-17(18)22/h12-13,15-16,20-21H,3-11H2,1-2H3. The molecule has 4 nitrogen and oxygen atoms in total. The van der Waals surface area contributed by atoms with E-state index in [0.717, 1.165) is 30.6 Å². The Morgan fingerprint density at radius 3 is 3.13 bits per heavy atom. The van der Waals surface area contributed by atoms with E-state index >= 15 is 0 Å². The molecule has 0 saturated heterocycles. The Balaban J connectivity index is 1.43. The molecule has 1 aliphatic carbocycles. The molecule has 1 fully saturated rings. The summed E-state index contributed by atoms with van der Waals surface area (Å²) in [5.41, 5.74) is 1.37. The summed E-state index contributed by atoms with van der Waals surface area (Å²) in [5, 5.41) is 8.05. The van der Waals surface area contributed by atoms with Gasteiger partial charge in [-0.1, -0.05) is 20.4 Å². The fraction of sp³-hybridized carbons (Fsp3) is 0.722. The van der Waals surface area contributed by atoms with Gasteiger partial charge in [-0.2, -0.15) is 5.10 Å². The number of hydrogen-bond acceptors (Lipinski definition) is 4. The van der Waals surface area contributed by atoms with Crippen LogP contribution >= 0.6 is 11.9 Å². The lowest BCUT2D eigenvalue weighted by Crippen LogP contribution is -2.30. The van der Waals surface area contributed by atoms with Gasteiger partial charge in [-0.3, -0.25) is 4.68 Å². The number of fused-ring (bicyclic) bond motifs is 1. The van der Waals surface area contributed by atoms with E-state index < -0.39 is 0 Å². The SMILES string of the molecule is C=C(NSc1cnn2c1CCCC2)NC1CCC(CC(C)C)C1. The molecule has 0 aromatic carbocycles. The molecule has 3 rings (SSSR count). The monoisotopic (exact) mass is 334 g/mol. The van der Waals surface area contributed by atoms with E-state index in [0.29, 0.717) is 6.04 Å². The van der Waals surface area contributed by atoms with E-state index in [1.165, 1.54) is 49.1 Å². The minimum atomic E-state index is 0.584. The number of nitrogens with zero attached hydrogens (tertiary/aromatic N) is 2. The van der Waals surface area contributed by atoms with Crippen LogP contribution in [0.3, 0.4) is 0 Å². The van der Waals surface area contributed by atoms with E-state index in [1.54, 1.807) is 11.9 Å². The number of aromatic nitrogens is 2. The molecule has 2 atom stereocenters. The van der Waals surface area contributed by atoms with Gasteiger partial charge in [0.15, 0.2) is 0 Å². The fourth-order valence-electron chi connectivity index (χ4n) is 3.96. The molecular formula is C18H30N4S. The molecule has 2 aliphatic rings. The lowest BCUT2D eigenvalue weighted by molar-refractivity contribution is 0.409. The molecule has 23 heavy (non-hydrogen) atoms. The first-order valence-electron chi connectivity index (χ1n) is 9.04. The van der Waals surface area contributed by atoms with Crippen LogP contribution in [0.5, 0.6) is 0 Å². The maximum atomic E-state index is 4.48. The first-order valence-corrected chi connectivity index (χ1v) is 9.86. The van der Waals surface area contributed by atoms with E-state index in [4.69, 9.17) is 0 Å². The topological polar surface area (TPSA) is 41.9 Å². The molecule has 5 heteroatoms. The van der Waals surface area contributed by atoms with Crippen molar-refractivity contribution < 1.29 is 0 Å². The average molecular weight is 335 g/mol. The summed E-state index contributed by atoms with van der Waals surface area (Å²) in [6.07, 6.45) is 10.9. The maximum Gasteiger partial charge on any atom is 0.102 e. The predicted molar refractivity (Wildman–Crippen MR) is 97.0 cm³/mol. The molecule has 0 radical (unpaired) electrons. The Morgan fingerprint density at radius 2 is 2.30 bits per heavy atom. The highest BCUT2D eigenvalue weighted by atomic mass is 32.2. The van der Waals surface area contributed by atoms with E-state index in [9.17, 15) is 0 Å². The van der Waals surface area contributed by atoms with Crippen molar-refractivity contribution in [1.82, 2.24) is 19.8 Å². The Hall–Kier alpha value is -1.10. The van der Waals surface area contributed by atoms with Gasteiger partial charge in [-0.15, -0.1) is 0 Å². The normalized spacial score (nSPS) is 23.8. The van der Waals surface area contributed by atoms with E-state index in [-0.39, 0.29) is 0 Å². The van der Waals surface area contributed by atoms with Crippen LogP contribution in [0.1, 0.15) is 58.1 Å². The molecular weight excluding hydrogens is 304 g/mol.